The van der Waals surface area contributed by atoms with Crippen molar-refractivity contribution >= 4 is 29.0 Å². The SMILES string of the molecule is CC1=NC=C([N+](=O)[O-])[N+]1(CC(O)CCl)CC(O)CCl. The zero-order chi connectivity index (χ0) is 14.6. The Morgan fingerprint density at radius 3 is 2.21 bits per heavy atom. The molecule has 0 aromatic carbocycles. The molecule has 1 aliphatic heterocycles. The van der Waals surface area contributed by atoms with Crippen LogP contribution in [0.25, 0.3) is 0 Å². The van der Waals surface area contributed by atoms with E-state index in [-0.39, 0.29) is 35.2 Å². The molecule has 0 aromatic rings. The van der Waals surface area contributed by atoms with Crippen LogP contribution in [0.4, 0.5) is 0 Å². The van der Waals surface area contributed by atoms with Gasteiger partial charge in [0.15, 0.2) is 6.20 Å². The van der Waals surface area contributed by atoms with Crippen molar-refractivity contribution < 1.29 is 19.6 Å². The quantitative estimate of drug-likeness (QED) is 0.310. The number of amidine groups is 1. The van der Waals surface area contributed by atoms with Gasteiger partial charge in [-0.3, -0.25) is 10.1 Å². The first kappa shape index (κ1) is 16.3. The minimum absolute atomic E-state index is 0.0282. The average Bonchev–Trinajstić information content (AvgIpc) is 2.66. The third-order valence-electron chi connectivity index (χ3n) is 3.01. The summed E-state index contributed by atoms with van der Waals surface area (Å²) in [6.45, 7) is 1.55. The predicted molar refractivity (Wildman–Crippen MR) is 71.6 cm³/mol. The maximum atomic E-state index is 11.1. The highest BCUT2D eigenvalue weighted by Gasteiger charge is 2.50. The molecule has 108 valence electrons. The highest BCUT2D eigenvalue weighted by molar-refractivity contribution is 6.18. The Bertz CT molecular complexity index is 402. The Kier molecular flexibility index (Phi) is 5.69. The lowest BCUT2D eigenvalue weighted by Crippen LogP contribution is -2.58. The normalized spacial score (nSPS) is 25.7. The third kappa shape index (κ3) is 3.43. The van der Waals surface area contributed by atoms with Crippen LogP contribution in [0.5, 0.6) is 0 Å². The summed E-state index contributed by atoms with van der Waals surface area (Å²) in [6.07, 6.45) is -0.761. The first-order valence-electron chi connectivity index (χ1n) is 5.62. The van der Waals surface area contributed by atoms with E-state index in [1.807, 2.05) is 0 Å². The van der Waals surface area contributed by atoms with Crippen LogP contribution in [-0.4, -0.2) is 62.5 Å². The van der Waals surface area contributed by atoms with Crippen LogP contribution in [0.15, 0.2) is 17.0 Å². The predicted octanol–water partition coefficient (Wildman–Crippen LogP) is 0.510. The van der Waals surface area contributed by atoms with E-state index in [2.05, 4.69) is 4.99 Å². The summed E-state index contributed by atoms with van der Waals surface area (Å²) in [5.41, 5.74) is 0. The molecule has 19 heavy (non-hydrogen) atoms. The van der Waals surface area contributed by atoms with Crippen LogP contribution in [0.1, 0.15) is 6.92 Å². The van der Waals surface area contributed by atoms with Gasteiger partial charge in [0.2, 0.25) is 5.84 Å². The molecule has 0 radical (unpaired) electrons. The second kappa shape index (κ2) is 6.62. The molecule has 0 amide bonds. The van der Waals surface area contributed by atoms with Crippen molar-refractivity contribution in [3.05, 3.63) is 22.1 Å². The molecule has 0 fully saturated rings. The fourth-order valence-corrected chi connectivity index (χ4v) is 2.28. The van der Waals surface area contributed by atoms with Gasteiger partial charge in [0.05, 0.1) is 11.8 Å². The molecular formula is C10H16Cl2N3O4+. The van der Waals surface area contributed by atoms with Crippen molar-refractivity contribution in [3.8, 4) is 0 Å². The van der Waals surface area contributed by atoms with Gasteiger partial charge in [-0.2, -0.15) is 9.48 Å². The van der Waals surface area contributed by atoms with Crippen molar-refractivity contribution in [3.63, 3.8) is 0 Å². The van der Waals surface area contributed by atoms with E-state index in [0.717, 1.165) is 6.20 Å². The number of aliphatic imine (C=N–C) groups is 1. The van der Waals surface area contributed by atoms with Gasteiger partial charge in [-0.05, 0) is 0 Å². The van der Waals surface area contributed by atoms with Crippen LogP contribution in [0.2, 0.25) is 0 Å². The molecule has 2 unspecified atom stereocenters. The molecule has 0 saturated heterocycles. The van der Waals surface area contributed by atoms with Gasteiger partial charge < -0.3 is 10.2 Å². The molecule has 0 aromatic heterocycles. The van der Waals surface area contributed by atoms with Gasteiger partial charge in [-0.15, -0.1) is 23.2 Å². The summed E-state index contributed by atoms with van der Waals surface area (Å²) in [6, 6.07) is 0. The van der Waals surface area contributed by atoms with E-state index in [0.29, 0.717) is 5.84 Å². The number of halogens is 2. The number of aliphatic hydroxyl groups is 2. The topological polar surface area (TPSA) is 96.0 Å². The molecule has 7 nitrogen and oxygen atoms in total. The molecule has 1 aliphatic rings. The number of hydrogen-bond donors (Lipinski definition) is 2. The molecule has 0 bridgehead atoms. The fraction of sp³-hybridized carbons (Fsp3) is 0.700. The zero-order valence-corrected chi connectivity index (χ0v) is 11.9. The maximum absolute atomic E-state index is 11.1. The first-order chi connectivity index (χ1) is 8.87. The van der Waals surface area contributed by atoms with Gasteiger partial charge >= 0.3 is 5.82 Å². The number of nitro groups is 1. The molecule has 0 aliphatic carbocycles. The van der Waals surface area contributed by atoms with E-state index in [9.17, 15) is 20.3 Å². The molecule has 1 rings (SSSR count). The number of aliphatic hydroxyl groups excluding tert-OH is 2. The molecule has 2 atom stereocenters. The van der Waals surface area contributed by atoms with Gasteiger partial charge in [-0.1, -0.05) is 0 Å². The van der Waals surface area contributed by atoms with Gasteiger partial charge in [0, 0.05) is 6.92 Å². The van der Waals surface area contributed by atoms with E-state index in [1.165, 1.54) is 0 Å². The summed E-state index contributed by atoms with van der Waals surface area (Å²) < 4.78 is -0.339. The van der Waals surface area contributed by atoms with Crippen LogP contribution >= 0.6 is 23.2 Å². The summed E-state index contributed by atoms with van der Waals surface area (Å²) in [7, 11) is 0. The molecule has 0 spiro atoms. The Morgan fingerprint density at radius 2 is 1.84 bits per heavy atom. The lowest BCUT2D eigenvalue weighted by molar-refractivity contribution is -0.869. The van der Waals surface area contributed by atoms with Crippen molar-refractivity contribution in [1.29, 1.82) is 0 Å². The van der Waals surface area contributed by atoms with Crippen molar-refractivity contribution in [2.45, 2.75) is 19.1 Å². The Hall–Kier alpha value is -0.730. The smallest absolute Gasteiger partial charge is 0.386 e. The third-order valence-corrected chi connectivity index (χ3v) is 3.73. The number of rotatable bonds is 7. The summed E-state index contributed by atoms with van der Waals surface area (Å²) in [5.74, 6) is 0.0932. The average molecular weight is 313 g/mol. The van der Waals surface area contributed by atoms with E-state index < -0.39 is 17.1 Å². The van der Waals surface area contributed by atoms with Crippen LogP contribution in [0.3, 0.4) is 0 Å². The van der Waals surface area contributed by atoms with Gasteiger partial charge in [0.1, 0.15) is 30.2 Å². The van der Waals surface area contributed by atoms with E-state index >= 15 is 0 Å². The second-order valence-corrected chi connectivity index (χ2v) is 4.99. The van der Waals surface area contributed by atoms with Crippen LogP contribution in [-0.2, 0) is 0 Å². The number of quaternary nitrogens is 1. The van der Waals surface area contributed by atoms with Crippen molar-refractivity contribution in [2.75, 3.05) is 24.8 Å². The number of hydrogen-bond acceptors (Lipinski definition) is 5. The Morgan fingerprint density at radius 1 is 1.37 bits per heavy atom. The summed E-state index contributed by atoms with van der Waals surface area (Å²) >= 11 is 11.1. The highest BCUT2D eigenvalue weighted by Crippen LogP contribution is 2.27. The highest BCUT2D eigenvalue weighted by atomic mass is 35.5. The molecule has 1 heterocycles. The lowest BCUT2D eigenvalue weighted by Gasteiger charge is -2.33. The molecule has 0 saturated carbocycles. The van der Waals surface area contributed by atoms with E-state index in [1.54, 1.807) is 6.92 Å². The standard InChI is InChI=1S/C10H16Cl2N3O4/c1-7-13-4-10(14(18)19)15(7,5-8(16)2-11)6-9(17)3-12/h4,8-9,16-17H,2-3,5-6H2,1H3/q+1. The number of alkyl halides is 2. The zero-order valence-electron chi connectivity index (χ0n) is 10.4. The molecule has 2 N–H and O–H groups in total. The van der Waals surface area contributed by atoms with Crippen LogP contribution in [0, 0.1) is 10.1 Å². The first-order valence-corrected chi connectivity index (χ1v) is 6.69. The van der Waals surface area contributed by atoms with E-state index in [4.69, 9.17) is 23.2 Å². The Balaban J connectivity index is 3.12. The van der Waals surface area contributed by atoms with Gasteiger partial charge in [0.25, 0.3) is 0 Å². The monoisotopic (exact) mass is 312 g/mol. The molecular weight excluding hydrogens is 297 g/mol. The molecule has 9 heteroatoms. The van der Waals surface area contributed by atoms with Gasteiger partial charge in [-0.25, -0.2) is 0 Å². The fourth-order valence-electron chi connectivity index (χ4n) is 2.08. The van der Waals surface area contributed by atoms with Crippen molar-refractivity contribution in [2.24, 2.45) is 4.99 Å². The maximum Gasteiger partial charge on any atom is 0.452 e. The lowest BCUT2D eigenvalue weighted by atomic mass is 10.2. The largest absolute Gasteiger partial charge is 0.452 e. The minimum Gasteiger partial charge on any atom is -0.386 e. The van der Waals surface area contributed by atoms with Crippen molar-refractivity contribution in [1.82, 2.24) is 0 Å². The number of nitrogens with zero attached hydrogens (tertiary/aromatic N) is 3. The summed E-state index contributed by atoms with van der Waals surface area (Å²) in [4.78, 5) is 14.5. The second-order valence-electron chi connectivity index (χ2n) is 4.37. The summed E-state index contributed by atoms with van der Waals surface area (Å²) in [5, 5.41) is 30.6. The Labute approximate surface area is 120 Å². The minimum atomic E-state index is -0.948. The van der Waals surface area contributed by atoms with Crippen LogP contribution < -0.4 is 0 Å².